The molecule has 1 unspecified atom stereocenters. The van der Waals surface area contributed by atoms with Crippen LogP contribution in [0.4, 0.5) is 5.69 Å². The van der Waals surface area contributed by atoms with Gasteiger partial charge >= 0.3 is 5.97 Å². The van der Waals surface area contributed by atoms with E-state index < -0.39 is 5.97 Å². The predicted octanol–water partition coefficient (Wildman–Crippen LogP) is 7.97. The van der Waals surface area contributed by atoms with Crippen LogP contribution in [0.5, 0.6) is 0 Å². The number of benzene rings is 3. The van der Waals surface area contributed by atoms with Gasteiger partial charge in [0.2, 0.25) is 0 Å². The van der Waals surface area contributed by atoms with E-state index in [-0.39, 0.29) is 36.4 Å². The molecule has 1 aliphatic heterocycles. The zero-order valence-electron chi connectivity index (χ0n) is 26.2. The Bertz CT molecular complexity index is 1660. The normalized spacial score (nSPS) is 21.2. The number of para-hydroxylation sites is 2. The van der Waals surface area contributed by atoms with Gasteiger partial charge in [0, 0.05) is 29.1 Å². The van der Waals surface area contributed by atoms with Gasteiger partial charge in [0.25, 0.3) is 11.9 Å². The van der Waals surface area contributed by atoms with Gasteiger partial charge in [-0.05, 0) is 79.0 Å². The van der Waals surface area contributed by atoms with Crippen molar-refractivity contribution in [1.82, 2.24) is 10.2 Å². The Kier molecular flexibility index (Phi) is 8.65. The average Bonchev–Trinajstić information content (AvgIpc) is 3.65. The second-order valence-electron chi connectivity index (χ2n) is 13.2. The highest BCUT2D eigenvalue weighted by molar-refractivity contribution is 5.94. The van der Waals surface area contributed by atoms with Crippen molar-refractivity contribution in [3.05, 3.63) is 90.0 Å². The number of nitrogens with zero attached hydrogens (tertiary/aromatic N) is 2. The third-order valence-corrected chi connectivity index (χ3v) is 9.23. The lowest BCUT2D eigenvalue weighted by molar-refractivity contribution is -0.136. The Morgan fingerprint density at radius 3 is 2.38 bits per heavy atom. The molecule has 1 amide bonds. The number of carboxylic acid groups (broad SMARTS) is 1. The Labute approximate surface area is 264 Å². The molecule has 0 radical (unpaired) electrons. The smallest absolute Gasteiger partial charge is 0.305 e. The topological polar surface area (TPSA) is 104 Å². The van der Waals surface area contributed by atoms with E-state index >= 15 is 0 Å². The molecule has 0 spiro atoms. The third kappa shape index (κ3) is 6.75. The molecule has 2 aliphatic rings. The predicted molar refractivity (Wildman–Crippen MR) is 176 cm³/mol. The summed E-state index contributed by atoms with van der Waals surface area (Å²) in [6.45, 7) is 7.55. The van der Waals surface area contributed by atoms with Gasteiger partial charge in [-0.25, -0.2) is 0 Å². The molecule has 4 aromatic rings. The zero-order valence-corrected chi connectivity index (χ0v) is 26.2. The fourth-order valence-corrected chi connectivity index (χ4v) is 6.66. The minimum Gasteiger partial charge on any atom is -0.481 e. The number of furan rings is 1. The summed E-state index contributed by atoms with van der Waals surface area (Å²) >= 11 is 0. The van der Waals surface area contributed by atoms with Crippen molar-refractivity contribution in [1.29, 1.82) is 0 Å². The fraction of sp³-hybridized carbons (Fsp3) is 0.378. The molecule has 1 saturated heterocycles. The van der Waals surface area contributed by atoms with E-state index in [1.165, 1.54) is 0 Å². The Morgan fingerprint density at radius 1 is 0.956 bits per heavy atom. The van der Waals surface area contributed by atoms with Gasteiger partial charge < -0.3 is 24.5 Å². The van der Waals surface area contributed by atoms with Crippen LogP contribution in [-0.2, 0) is 9.53 Å². The number of ether oxygens (including phenoxy) is 1. The van der Waals surface area contributed by atoms with E-state index in [1.807, 2.05) is 60.7 Å². The van der Waals surface area contributed by atoms with Gasteiger partial charge in [-0.2, -0.15) is 4.99 Å². The number of aliphatic carboxylic acids is 1. The van der Waals surface area contributed by atoms with Crippen molar-refractivity contribution in [2.24, 2.45) is 16.3 Å². The van der Waals surface area contributed by atoms with Gasteiger partial charge in [0.1, 0.15) is 18.0 Å². The Balaban J connectivity index is 1.30. The van der Waals surface area contributed by atoms with Crippen molar-refractivity contribution >= 4 is 34.6 Å². The molecule has 8 heteroatoms. The lowest BCUT2D eigenvalue weighted by Crippen LogP contribution is -2.42. The molecule has 8 nitrogen and oxygen atoms in total. The van der Waals surface area contributed by atoms with Crippen molar-refractivity contribution in [2.75, 3.05) is 13.2 Å². The first-order valence-electron chi connectivity index (χ1n) is 15.8. The van der Waals surface area contributed by atoms with Crippen LogP contribution >= 0.6 is 0 Å². The van der Waals surface area contributed by atoms with E-state index in [4.69, 9.17) is 19.3 Å². The summed E-state index contributed by atoms with van der Waals surface area (Å²) in [5.41, 5.74) is 4.34. The molecular formula is C37H41N3O5. The lowest BCUT2D eigenvalue weighted by atomic mass is 9.71. The van der Waals surface area contributed by atoms with Crippen molar-refractivity contribution < 1.29 is 23.8 Å². The Hall–Kier alpha value is -4.59. The van der Waals surface area contributed by atoms with Crippen LogP contribution < -0.4 is 5.32 Å². The molecular weight excluding hydrogens is 566 g/mol. The maximum Gasteiger partial charge on any atom is 0.305 e. The van der Waals surface area contributed by atoms with Crippen LogP contribution in [0.25, 0.3) is 22.3 Å². The van der Waals surface area contributed by atoms with Crippen LogP contribution in [0.2, 0.25) is 0 Å². The minimum atomic E-state index is -0.943. The van der Waals surface area contributed by atoms with Gasteiger partial charge in [-0.1, -0.05) is 63.2 Å². The summed E-state index contributed by atoms with van der Waals surface area (Å²) in [5, 5.41) is 12.6. The van der Waals surface area contributed by atoms with Crippen LogP contribution in [-0.4, -0.2) is 47.1 Å². The van der Waals surface area contributed by atoms with Crippen molar-refractivity contribution in [3.63, 3.8) is 0 Å². The van der Waals surface area contributed by atoms with E-state index in [1.54, 1.807) is 12.1 Å². The van der Waals surface area contributed by atoms with Crippen LogP contribution in [0.1, 0.15) is 74.8 Å². The summed E-state index contributed by atoms with van der Waals surface area (Å²) in [6, 6.07) is 26.4. The summed E-state index contributed by atoms with van der Waals surface area (Å²) in [5.74, 6) is 0.206. The van der Waals surface area contributed by atoms with E-state index in [9.17, 15) is 9.59 Å². The lowest BCUT2D eigenvalue weighted by Gasteiger charge is -2.41. The second kappa shape index (κ2) is 12.8. The SMILES string of the molecule is CC(C)(C)C1CCC(N2C(=Nc3ccccc3-c3cc4ccccc4o3)OCC2c2ccc(C(=O)NCCC(=O)O)cc2)CC1. The number of rotatable bonds is 8. The number of hydrogen-bond acceptors (Lipinski definition) is 5. The zero-order chi connectivity index (χ0) is 31.6. The average molecular weight is 608 g/mol. The number of carboxylic acids is 1. The van der Waals surface area contributed by atoms with Crippen LogP contribution in [0.3, 0.4) is 0 Å². The highest BCUT2D eigenvalue weighted by atomic mass is 16.5. The largest absolute Gasteiger partial charge is 0.481 e. The number of amidine groups is 1. The van der Waals surface area contributed by atoms with Gasteiger partial charge in [0.05, 0.1) is 18.2 Å². The summed E-state index contributed by atoms with van der Waals surface area (Å²) in [6.07, 6.45) is 4.29. The number of hydrogen-bond donors (Lipinski definition) is 2. The molecule has 234 valence electrons. The third-order valence-electron chi connectivity index (χ3n) is 9.23. The minimum absolute atomic E-state index is 0.0533. The first kappa shape index (κ1) is 30.4. The maximum atomic E-state index is 12.6. The van der Waals surface area contributed by atoms with Gasteiger partial charge in [0.15, 0.2) is 0 Å². The van der Waals surface area contributed by atoms with Crippen LogP contribution in [0, 0.1) is 11.3 Å². The number of nitrogens with one attached hydrogen (secondary N) is 1. The van der Waals surface area contributed by atoms with E-state index in [0.29, 0.717) is 24.1 Å². The fourth-order valence-electron chi connectivity index (χ4n) is 6.66. The van der Waals surface area contributed by atoms with Crippen molar-refractivity contribution in [2.45, 2.75) is 65.0 Å². The molecule has 2 heterocycles. The molecule has 2 fully saturated rings. The first-order valence-corrected chi connectivity index (χ1v) is 15.8. The molecule has 45 heavy (non-hydrogen) atoms. The summed E-state index contributed by atoms with van der Waals surface area (Å²) in [7, 11) is 0. The highest BCUT2D eigenvalue weighted by Crippen LogP contribution is 2.43. The quantitative estimate of drug-likeness (QED) is 0.211. The van der Waals surface area contributed by atoms with E-state index in [0.717, 1.165) is 59.2 Å². The first-order chi connectivity index (χ1) is 21.7. The molecule has 1 aromatic heterocycles. The number of carbonyl (C=O) groups excluding carboxylic acids is 1. The van der Waals surface area contributed by atoms with E-state index in [2.05, 4.69) is 37.1 Å². The molecule has 3 aromatic carbocycles. The molecule has 6 rings (SSSR count). The number of fused-ring (bicyclic) bond motifs is 1. The van der Waals surface area contributed by atoms with Gasteiger partial charge in [-0.3, -0.25) is 9.59 Å². The monoisotopic (exact) mass is 607 g/mol. The second-order valence-corrected chi connectivity index (χ2v) is 13.2. The van der Waals surface area contributed by atoms with Crippen molar-refractivity contribution in [3.8, 4) is 11.3 Å². The maximum absolute atomic E-state index is 12.6. The highest BCUT2D eigenvalue weighted by Gasteiger charge is 2.41. The molecule has 2 N–H and O–H groups in total. The number of amides is 1. The molecule has 1 atom stereocenters. The standard InChI is InChI=1S/C37H41N3O5/c1-37(2,3)27-16-18-28(19-17-27)40-31(24-12-14-25(15-13-24)35(43)38-21-20-34(41)42)23-44-36(40)39-30-10-6-5-9-29(30)33-22-26-8-4-7-11-32(26)45-33/h4-15,22,27-28,31H,16-21,23H2,1-3H3,(H,38,43)(H,41,42). The Morgan fingerprint density at radius 2 is 1.67 bits per heavy atom. The number of carbonyl (C=O) groups is 2. The molecule has 1 saturated carbocycles. The molecule has 1 aliphatic carbocycles. The van der Waals surface area contributed by atoms with Crippen LogP contribution in [0.15, 0.2) is 88.3 Å². The number of aliphatic imine (C=N–C) groups is 1. The summed E-state index contributed by atoms with van der Waals surface area (Å²) in [4.78, 5) is 30.9. The summed E-state index contributed by atoms with van der Waals surface area (Å²) < 4.78 is 12.6. The molecule has 0 bridgehead atoms. The van der Waals surface area contributed by atoms with Gasteiger partial charge in [-0.15, -0.1) is 0 Å².